The lowest BCUT2D eigenvalue weighted by Crippen LogP contribution is -2.26. The molecular formula is C22H30N2O4. The molecule has 6 nitrogen and oxygen atoms in total. The van der Waals surface area contributed by atoms with Crippen LogP contribution >= 0.6 is 0 Å². The summed E-state index contributed by atoms with van der Waals surface area (Å²) in [5.41, 5.74) is 3.21. The van der Waals surface area contributed by atoms with Crippen LogP contribution in [0.1, 0.15) is 17.5 Å². The van der Waals surface area contributed by atoms with Gasteiger partial charge in [-0.05, 0) is 41.8 Å². The number of aryl methyl sites for hydroxylation is 1. The number of anilines is 1. The van der Waals surface area contributed by atoms with Crippen molar-refractivity contribution in [2.75, 3.05) is 47.4 Å². The van der Waals surface area contributed by atoms with Crippen molar-refractivity contribution in [3.63, 3.8) is 0 Å². The molecule has 0 saturated carbocycles. The molecule has 0 aromatic heterocycles. The van der Waals surface area contributed by atoms with Gasteiger partial charge in [0.15, 0.2) is 11.5 Å². The van der Waals surface area contributed by atoms with E-state index < -0.39 is 0 Å². The molecule has 2 rings (SSSR count). The van der Waals surface area contributed by atoms with Gasteiger partial charge in [-0.25, -0.2) is 0 Å². The first-order chi connectivity index (χ1) is 13.4. The first-order valence-electron chi connectivity index (χ1n) is 9.18. The summed E-state index contributed by atoms with van der Waals surface area (Å²) in [6.07, 6.45) is 1.00. The number of methoxy groups -OCH3 is 3. The zero-order valence-electron chi connectivity index (χ0n) is 17.6. The summed E-state index contributed by atoms with van der Waals surface area (Å²) in [6.45, 7) is 0.585. The predicted molar refractivity (Wildman–Crippen MR) is 112 cm³/mol. The van der Waals surface area contributed by atoms with Gasteiger partial charge >= 0.3 is 0 Å². The van der Waals surface area contributed by atoms with Crippen LogP contribution in [-0.2, 0) is 17.8 Å². The van der Waals surface area contributed by atoms with E-state index in [-0.39, 0.29) is 5.91 Å². The van der Waals surface area contributed by atoms with Crippen molar-refractivity contribution in [1.29, 1.82) is 0 Å². The highest BCUT2D eigenvalue weighted by Crippen LogP contribution is 2.38. The lowest BCUT2D eigenvalue weighted by atomic mass is 10.1. The quantitative estimate of drug-likeness (QED) is 0.661. The van der Waals surface area contributed by atoms with Crippen molar-refractivity contribution >= 4 is 11.6 Å². The van der Waals surface area contributed by atoms with Gasteiger partial charge in [0.2, 0.25) is 11.7 Å². The largest absolute Gasteiger partial charge is 0.493 e. The van der Waals surface area contributed by atoms with E-state index in [1.54, 1.807) is 26.2 Å². The van der Waals surface area contributed by atoms with Gasteiger partial charge in [-0.15, -0.1) is 0 Å². The summed E-state index contributed by atoms with van der Waals surface area (Å²) in [5.74, 6) is 1.83. The number of carbonyl (C=O) groups is 1. The van der Waals surface area contributed by atoms with Gasteiger partial charge in [-0.2, -0.15) is 0 Å². The molecule has 0 spiro atoms. The summed E-state index contributed by atoms with van der Waals surface area (Å²) in [6, 6.07) is 12.0. The van der Waals surface area contributed by atoms with E-state index in [0.717, 1.165) is 16.8 Å². The van der Waals surface area contributed by atoms with Crippen LogP contribution in [0.15, 0.2) is 36.4 Å². The predicted octanol–water partition coefficient (Wildman–Crippen LogP) is 3.37. The second kappa shape index (κ2) is 9.88. The number of benzene rings is 2. The second-order valence-electron chi connectivity index (χ2n) is 6.84. The maximum atomic E-state index is 12.6. The molecule has 0 fully saturated rings. The minimum atomic E-state index is 0.0884. The first-order valence-corrected chi connectivity index (χ1v) is 9.18. The minimum Gasteiger partial charge on any atom is -0.493 e. The maximum Gasteiger partial charge on any atom is 0.222 e. The lowest BCUT2D eigenvalue weighted by molar-refractivity contribution is -0.130. The molecule has 152 valence electrons. The van der Waals surface area contributed by atoms with Gasteiger partial charge in [0.05, 0.1) is 21.3 Å². The average molecular weight is 386 g/mol. The van der Waals surface area contributed by atoms with Crippen molar-refractivity contribution in [3.8, 4) is 17.2 Å². The van der Waals surface area contributed by atoms with Gasteiger partial charge in [-0.3, -0.25) is 4.79 Å². The van der Waals surface area contributed by atoms with Crippen molar-refractivity contribution in [2.45, 2.75) is 19.4 Å². The summed E-state index contributed by atoms with van der Waals surface area (Å²) in [7, 11) is 10.6. The number of nitrogens with zero attached hydrogens (tertiary/aromatic N) is 2. The number of rotatable bonds is 9. The first kappa shape index (κ1) is 21.4. The highest BCUT2D eigenvalue weighted by molar-refractivity contribution is 5.76. The van der Waals surface area contributed by atoms with Crippen molar-refractivity contribution in [1.82, 2.24) is 4.90 Å². The monoisotopic (exact) mass is 386 g/mol. The van der Waals surface area contributed by atoms with E-state index in [0.29, 0.717) is 36.6 Å². The van der Waals surface area contributed by atoms with Crippen molar-refractivity contribution in [3.05, 3.63) is 47.5 Å². The van der Waals surface area contributed by atoms with Crippen LogP contribution in [0.25, 0.3) is 0 Å². The summed E-state index contributed by atoms with van der Waals surface area (Å²) < 4.78 is 16.1. The van der Waals surface area contributed by atoms with Crippen LogP contribution in [0.2, 0.25) is 0 Å². The Morgan fingerprint density at radius 3 is 1.89 bits per heavy atom. The number of hydrogen-bond acceptors (Lipinski definition) is 5. The van der Waals surface area contributed by atoms with Gasteiger partial charge < -0.3 is 24.0 Å². The average Bonchev–Trinajstić information content (AvgIpc) is 2.71. The Labute approximate surface area is 167 Å². The molecule has 0 radical (unpaired) electrons. The molecule has 0 aliphatic rings. The molecule has 2 aromatic carbocycles. The Morgan fingerprint density at radius 1 is 0.857 bits per heavy atom. The third-order valence-electron chi connectivity index (χ3n) is 4.65. The van der Waals surface area contributed by atoms with E-state index in [1.165, 1.54) is 0 Å². The zero-order valence-corrected chi connectivity index (χ0v) is 17.6. The molecule has 0 unspecified atom stereocenters. The molecular weight excluding hydrogens is 356 g/mol. The van der Waals surface area contributed by atoms with Crippen molar-refractivity contribution < 1.29 is 19.0 Å². The van der Waals surface area contributed by atoms with Gasteiger partial charge in [0.25, 0.3) is 0 Å². The Kier molecular flexibility index (Phi) is 7.55. The Bertz CT molecular complexity index is 763. The molecule has 28 heavy (non-hydrogen) atoms. The van der Waals surface area contributed by atoms with Crippen LogP contribution in [0.5, 0.6) is 17.2 Å². The fraction of sp³-hybridized carbons (Fsp3) is 0.409. The van der Waals surface area contributed by atoms with Crippen LogP contribution in [0.3, 0.4) is 0 Å². The number of carbonyl (C=O) groups excluding carboxylic acids is 1. The van der Waals surface area contributed by atoms with E-state index in [2.05, 4.69) is 29.2 Å². The fourth-order valence-electron chi connectivity index (χ4n) is 2.98. The van der Waals surface area contributed by atoms with Crippen LogP contribution in [0, 0.1) is 0 Å². The molecule has 2 aromatic rings. The summed E-state index contributed by atoms with van der Waals surface area (Å²) in [4.78, 5) is 16.4. The van der Waals surface area contributed by atoms with Gasteiger partial charge in [-0.1, -0.05) is 12.1 Å². The second-order valence-corrected chi connectivity index (χ2v) is 6.84. The smallest absolute Gasteiger partial charge is 0.222 e. The SMILES string of the molecule is COc1cc(CCC(=O)N(C)Cc2ccc(N(C)C)cc2)cc(OC)c1OC. The molecule has 0 heterocycles. The molecule has 0 N–H and O–H groups in total. The highest BCUT2D eigenvalue weighted by Gasteiger charge is 2.15. The van der Waals surface area contributed by atoms with Crippen LogP contribution in [0.4, 0.5) is 5.69 Å². The van der Waals surface area contributed by atoms with E-state index in [4.69, 9.17) is 14.2 Å². The maximum absolute atomic E-state index is 12.6. The van der Waals surface area contributed by atoms with Gasteiger partial charge in [0, 0.05) is 39.8 Å². The number of hydrogen-bond donors (Lipinski definition) is 0. The standard InChI is InChI=1S/C22H30N2O4/c1-23(2)18-10-7-16(8-11-18)15-24(3)21(25)12-9-17-13-19(26-4)22(28-6)20(14-17)27-5/h7-8,10-11,13-14H,9,12,15H2,1-6H3. The Balaban J connectivity index is 1.99. The number of ether oxygens (including phenoxy) is 3. The normalized spacial score (nSPS) is 10.4. The van der Waals surface area contributed by atoms with Crippen LogP contribution < -0.4 is 19.1 Å². The Morgan fingerprint density at radius 2 is 1.43 bits per heavy atom. The topological polar surface area (TPSA) is 51.2 Å². The summed E-state index contributed by atoms with van der Waals surface area (Å²) in [5, 5.41) is 0. The van der Waals surface area contributed by atoms with E-state index >= 15 is 0 Å². The van der Waals surface area contributed by atoms with E-state index in [9.17, 15) is 4.79 Å². The lowest BCUT2D eigenvalue weighted by Gasteiger charge is -2.19. The minimum absolute atomic E-state index is 0.0884. The molecule has 0 bridgehead atoms. The molecule has 0 aliphatic carbocycles. The highest BCUT2D eigenvalue weighted by atomic mass is 16.5. The van der Waals surface area contributed by atoms with Crippen LogP contribution in [-0.4, -0.2) is 53.3 Å². The van der Waals surface area contributed by atoms with Gasteiger partial charge in [0.1, 0.15) is 0 Å². The molecule has 1 amide bonds. The molecule has 0 atom stereocenters. The van der Waals surface area contributed by atoms with Crippen molar-refractivity contribution in [2.24, 2.45) is 0 Å². The summed E-state index contributed by atoms with van der Waals surface area (Å²) >= 11 is 0. The third-order valence-corrected chi connectivity index (χ3v) is 4.65. The number of amides is 1. The fourth-order valence-corrected chi connectivity index (χ4v) is 2.98. The zero-order chi connectivity index (χ0) is 20.7. The van der Waals surface area contributed by atoms with E-state index in [1.807, 2.05) is 33.3 Å². The molecule has 0 aliphatic heterocycles. The Hall–Kier alpha value is -2.89. The third kappa shape index (κ3) is 5.31. The molecule has 6 heteroatoms. The molecule has 0 saturated heterocycles.